The Hall–Kier alpha value is -1.49. The van der Waals surface area contributed by atoms with E-state index in [-0.39, 0.29) is 36.1 Å². The van der Waals surface area contributed by atoms with Crippen LogP contribution < -0.4 is 0 Å². The average Bonchev–Trinajstić information content (AvgIpc) is 2.45. The number of rotatable bonds is 5. The van der Waals surface area contributed by atoms with E-state index in [0.717, 1.165) is 18.4 Å². The number of aryl methyl sites for hydroxylation is 1. The number of carbonyl (C=O) groups is 1. The first kappa shape index (κ1) is 16.9. The van der Waals surface area contributed by atoms with Gasteiger partial charge in [0, 0.05) is 19.2 Å². The number of pyridine rings is 1. The lowest BCUT2D eigenvalue weighted by atomic mass is 9.84. The van der Waals surface area contributed by atoms with Crippen LogP contribution in [-0.2, 0) is 20.7 Å². The molecular formula is C17H24FNO3. The van der Waals surface area contributed by atoms with E-state index in [9.17, 15) is 9.18 Å². The maximum absolute atomic E-state index is 14.2. The molecule has 0 spiro atoms. The lowest BCUT2D eigenvalue weighted by Gasteiger charge is -2.35. The molecule has 2 heterocycles. The molecule has 0 bridgehead atoms. The highest BCUT2D eigenvalue weighted by molar-refractivity contribution is 5.69. The third-order valence-corrected chi connectivity index (χ3v) is 3.98. The van der Waals surface area contributed by atoms with E-state index in [1.54, 1.807) is 19.2 Å². The Kier molecular flexibility index (Phi) is 5.51. The van der Waals surface area contributed by atoms with E-state index in [2.05, 4.69) is 18.8 Å². The minimum atomic E-state index is -0.342. The van der Waals surface area contributed by atoms with Crippen molar-refractivity contribution in [3.63, 3.8) is 0 Å². The third kappa shape index (κ3) is 4.50. The minimum absolute atomic E-state index is 0.154. The van der Waals surface area contributed by atoms with Gasteiger partial charge in [-0.2, -0.15) is 0 Å². The quantitative estimate of drug-likeness (QED) is 0.782. The van der Waals surface area contributed by atoms with E-state index >= 15 is 0 Å². The summed E-state index contributed by atoms with van der Waals surface area (Å²) in [5, 5.41) is 0. The first-order valence-corrected chi connectivity index (χ1v) is 7.85. The van der Waals surface area contributed by atoms with Crippen LogP contribution in [0.2, 0.25) is 0 Å². The Morgan fingerprint density at radius 1 is 1.55 bits per heavy atom. The van der Waals surface area contributed by atoms with Crippen LogP contribution in [0.3, 0.4) is 0 Å². The maximum Gasteiger partial charge on any atom is 0.306 e. The number of nitrogens with zero attached hydrogens (tertiary/aromatic N) is 1. The molecule has 22 heavy (non-hydrogen) atoms. The molecule has 1 aromatic heterocycles. The summed E-state index contributed by atoms with van der Waals surface area (Å²) >= 11 is 0. The largest absolute Gasteiger partial charge is 0.466 e. The van der Waals surface area contributed by atoms with Gasteiger partial charge in [0.1, 0.15) is 5.82 Å². The Morgan fingerprint density at radius 2 is 2.32 bits per heavy atom. The Morgan fingerprint density at radius 3 is 2.95 bits per heavy atom. The number of ether oxygens (including phenoxy) is 2. The van der Waals surface area contributed by atoms with Crippen molar-refractivity contribution in [2.75, 3.05) is 13.2 Å². The first-order valence-electron chi connectivity index (χ1n) is 7.85. The van der Waals surface area contributed by atoms with Gasteiger partial charge in [-0.15, -0.1) is 0 Å². The second-order valence-corrected chi connectivity index (χ2v) is 6.30. The van der Waals surface area contributed by atoms with E-state index in [0.29, 0.717) is 18.9 Å². The molecule has 1 aromatic rings. The number of halogens is 1. The van der Waals surface area contributed by atoms with Gasteiger partial charge in [0.15, 0.2) is 0 Å². The fourth-order valence-corrected chi connectivity index (χ4v) is 2.86. The van der Waals surface area contributed by atoms with Gasteiger partial charge in [-0.3, -0.25) is 9.78 Å². The van der Waals surface area contributed by atoms with Crippen molar-refractivity contribution >= 4 is 5.97 Å². The van der Waals surface area contributed by atoms with Gasteiger partial charge in [0.2, 0.25) is 0 Å². The summed E-state index contributed by atoms with van der Waals surface area (Å²) < 4.78 is 24.7. The Balaban J connectivity index is 2.01. The predicted molar refractivity (Wildman–Crippen MR) is 81.2 cm³/mol. The van der Waals surface area contributed by atoms with Gasteiger partial charge < -0.3 is 9.47 Å². The molecule has 2 rings (SSSR count). The molecule has 1 atom stereocenters. The second kappa shape index (κ2) is 7.18. The summed E-state index contributed by atoms with van der Waals surface area (Å²) in [5.74, 6) is -0.394. The van der Waals surface area contributed by atoms with Crippen LogP contribution in [0.4, 0.5) is 4.39 Å². The van der Waals surface area contributed by atoms with Crippen molar-refractivity contribution in [3.05, 3.63) is 29.3 Å². The Bertz CT molecular complexity index is 531. The highest BCUT2D eigenvalue weighted by atomic mass is 19.1. The molecule has 0 amide bonds. The van der Waals surface area contributed by atoms with Crippen LogP contribution >= 0.6 is 0 Å². The van der Waals surface area contributed by atoms with E-state index in [1.807, 2.05) is 0 Å². The van der Waals surface area contributed by atoms with Crippen LogP contribution in [-0.4, -0.2) is 29.8 Å². The summed E-state index contributed by atoms with van der Waals surface area (Å²) in [5.41, 5.74) is 1.05. The molecule has 5 heteroatoms. The molecular weight excluding hydrogens is 285 g/mol. The van der Waals surface area contributed by atoms with Gasteiger partial charge in [-0.1, -0.05) is 0 Å². The fraction of sp³-hybridized carbons (Fsp3) is 0.647. The molecule has 0 radical (unpaired) electrons. The predicted octanol–water partition coefficient (Wildman–Crippen LogP) is 3.39. The first-order chi connectivity index (χ1) is 10.4. The molecule has 1 fully saturated rings. The van der Waals surface area contributed by atoms with Gasteiger partial charge in [0.05, 0.1) is 24.3 Å². The van der Waals surface area contributed by atoms with E-state index in [4.69, 9.17) is 9.47 Å². The number of aromatic nitrogens is 1. The van der Waals surface area contributed by atoms with Crippen LogP contribution in [0.25, 0.3) is 0 Å². The number of esters is 1. The highest BCUT2D eigenvalue weighted by Crippen LogP contribution is 2.35. The number of hydrogen-bond acceptors (Lipinski definition) is 4. The third-order valence-electron chi connectivity index (χ3n) is 3.98. The van der Waals surface area contributed by atoms with Crippen LogP contribution in [0.5, 0.6) is 0 Å². The van der Waals surface area contributed by atoms with Crippen molar-refractivity contribution in [2.45, 2.75) is 58.0 Å². The van der Waals surface area contributed by atoms with Crippen LogP contribution in [0.1, 0.15) is 57.2 Å². The van der Waals surface area contributed by atoms with E-state index in [1.165, 1.54) is 0 Å². The topological polar surface area (TPSA) is 48.4 Å². The number of carbonyl (C=O) groups excluding carboxylic acids is 1. The van der Waals surface area contributed by atoms with Crippen molar-refractivity contribution in [3.8, 4) is 0 Å². The monoisotopic (exact) mass is 309 g/mol. The molecule has 1 aliphatic rings. The zero-order valence-corrected chi connectivity index (χ0v) is 13.5. The summed E-state index contributed by atoms with van der Waals surface area (Å²) in [4.78, 5) is 15.5. The molecule has 1 aliphatic heterocycles. The van der Waals surface area contributed by atoms with Crippen molar-refractivity contribution in [1.29, 1.82) is 0 Å². The zero-order valence-electron chi connectivity index (χ0n) is 13.5. The molecule has 1 unspecified atom stereocenters. The summed E-state index contributed by atoms with van der Waals surface area (Å²) in [6.45, 7) is 6.88. The molecule has 0 aromatic carbocycles. The van der Waals surface area contributed by atoms with Crippen LogP contribution in [0.15, 0.2) is 12.3 Å². The lowest BCUT2D eigenvalue weighted by Crippen LogP contribution is -2.33. The molecule has 0 N–H and O–H groups in total. The van der Waals surface area contributed by atoms with Crippen molar-refractivity contribution in [1.82, 2.24) is 4.98 Å². The van der Waals surface area contributed by atoms with Crippen LogP contribution in [0, 0.1) is 5.82 Å². The van der Waals surface area contributed by atoms with Crippen molar-refractivity contribution in [2.24, 2.45) is 0 Å². The fourth-order valence-electron chi connectivity index (χ4n) is 2.86. The molecule has 4 nitrogen and oxygen atoms in total. The average molecular weight is 309 g/mol. The highest BCUT2D eigenvalue weighted by Gasteiger charge is 2.30. The van der Waals surface area contributed by atoms with Gasteiger partial charge in [0.25, 0.3) is 0 Å². The zero-order chi connectivity index (χ0) is 16.2. The van der Waals surface area contributed by atoms with Crippen molar-refractivity contribution < 1.29 is 18.7 Å². The summed E-state index contributed by atoms with van der Waals surface area (Å²) in [6, 6.07) is 1.56. The maximum atomic E-state index is 14.2. The molecule has 0 saturated carbocycles. The summed E-state index contributed by atoms with van der Waals surface area (Å²) in [7, 11) is 0. The summed E-state index contributed by atoms with van der Waals surface area (Å²) in [6.07, 6.45) is 3.89. The van der Waals surface area contributed by atoms with Gasteiger partial charge >= 0.3 is 5.97 Å². The number of hydrogen-bond donors (Lipinski definition) is 0. The molecule has 1 saturated heterocycles. The SMILES string of the molecule is CCOC(=O)CCc1ncc(C2CCOC(C)(C)C2)cc1F. The van der Waals surface area contributed by atoms with E-state index < -0.39 is 0 Å². The standard InChI is InChI=1S/C17H24FNO3/c1-4-21-16(20)6-5-15-14(18)9-13(11-19-15)12-7-8-22-17(2,3)10-12/h9,11-12H,4-8,10H2,1-3H3. The Labute approximate surface area is 131 Å². The van der Waals surface area contributed by atoms with Gasteiger partial charge in [-0.05, 0) is 51.2 Å². The second-order valence-electron chi connectivity index (χ2n) is 6.30. The minimum Gasteiger partial charge on any atom is -0.466 e. The molecule has 122 valence electrons. The van der Waals surface area contributed by atoms with Gasteiger partial charge in [-0.25, -0.2) is 4.39 Å². The normalized spacial score (nSPS) is 20.6. The lowest BCUT2D eigenvalue weighted by molar-refractivity contribution is -0.143. The molecule has 0 aliphatic carbocycles. The smallest absolute Gasteiger partial charge is 0.306 e.